The maximum atomic E-state index is 11.4. The molecule has 0 aliphatic heterocycles. The van der Waals surface area contributed by atoms with Gasteiger partial charge in [-0.05, 0) is 25.4 Å². The van der Waals surface area contributed by atoms with E-state index in [1.54, 1.807) is 0 Å². The first-order valence-corrected chi connectivity index (χ1v) is 6.17. The molecule has 0 aromatic rings. The molecular formula is C12H26N2O2. The van der Waals surface area contributed by atoms with Crippen LogP contribution in [0.3, 0.4) is 0 Å². The molecule has 0 saturated heterocycles. The molecule has 0 fully saturated rings. The van der Waals surface area contributed by atoms with Crippen LogP contribution in [-0.4, -0.2) is 43.2 Å². The first-order chi connectivity index (χ1) is 7.52. The smallest absolute Gasteiger partial charge is 0.323 e. The van der Waals surface area contributed by atoms with E-state index in [4.69, 9.17) is 10.5 Å². The molecule has 0 aliphatic rings. The minimum atomic E-state index is -0.499. The van der Waals surface area contributed by atoms with Crippen LogP contribution < -0.4 is 5.73 Å². The largest absolute Gasteiger partial charge is 0.463 e. The van der Waals surface area contributed by atoms with E-state index >= 15 is 0 Å². The third-order valence-electron chi connectivity index (χ3n) is 2.63. The van der Waals surface area contributed by atoms with Gasteiger partial charge in [0.25, 0.3) is 0 Å². The minimum absolute atomic E-state index is 0.130. The number of carbonyl (C=O) groups excluding carboxylic acids is 1. The highest BCUT2D eigenvalue weighted by atomic mass is 16.5. The van der Waals surface area contributed by atoms with Gasteiger partial charge < -0.3 is 15.4 Å². The number of carbonyl (C=O) groups is 1. The first kappa shape index (κ1) is 15.4. The van der Waals surface area contributed by atoms with Gasteiger partial charge in [-0.15, -0.1) is 0 Å². The van der Waals surface area contributed by atoms with E-state index in [1.807, 2.05) is 13.8 Å². The van der Waals surface area contributed by atoms with E-state index in [0.717, 1.165) is 26.1 Å². The second-order valence-electron chi connectivity index (χ2n) is 4.37. The fourth-order valence-corrected chi connectivity index (χ4v) is 1.39. The van der Waals surface area contributed by atoms with Crippen molar-refractivity contribution < 1.29 is 9.53 Å². The van der Waals surface area contributed by atoms with E-state index < -0.39 is 6.04 Å². The summed E-state index contributed by atoms with van der Waals surface area (Å²) in [4.78, 5) is 13.7. The molecule has 0 spiro atoms. The van der Waals surface area contributed by atoms with Crippen LogP contribution in [0.4, 0.5) is 0 Å². The summed E-state index contributed by atoms with van der Waals surface area (Å²) < 4.78 is 5.14. The summed E-state index contributed by atoms with van der Waals surface area (Å²) >= 11 is 0. The Kier molecular flexibility index (Phi) is 8.21. The molecule has 1 atom stereocenters. The Morgan fingerprint density at radius 1 is 1.31 bits per heavy atom. The van der Waals surface area contributed by atoms with Crippen LogP contribution in [0, 0.1) is 5.92 Å². The van der Waals surface area contributed by atoms with Crippen molar-refractivity contribution in [3.8, 4) is 0 Å². The fraction of sp³-hybridized carbons (Fsp3) is 0.917. The molecule has 0 amide bonds. The topological polar surface area (TPSA) is 55.6 Å². The molecule has 0 saturated carbocycles. The highest BCUT2D eigenvalue weighted by molar-refractivity contribution is 5.75. The molecule has 4 nitrogen and oxygen atoms in total. The van der Waals surface area contributed by atoms with Crippen molar-refractivity contribution in [3.05, 3.63) is 0 Å². The summed E-state index contributed by atoms with van der Waals surface area (Å²) in [6.07, 6.45) is 1.12. The average molecular weight is 230 g/mol. The Bertz CT molecular complexity index is 195. The minimum Gasteiger partial charge on any atom is -0.463 e. The molecule has 0 aliphatic carbocycles. The van der Waals surface area contributed by atoms with Crippen molar-refractivity contribution in [3.63, 3.8) is 0 Å². The maximum absolute atomic E-state index is 11.4. The van der Waals surface area contributed by atoms with Crippen LogP contribution >= 0.6 is 0 Å². The molecule has 0 aromatic heterocycles. The van der Waals surface area contributed by atoms with Gasteiger partial charge in [0.1, 0.15) is 12.6 Å². The molecule has 0 radical (unpaired) electrons. The Balaban J connectivity index is 3.75. The molecule has 0 aromatic carbocycles. The number of hydrogen-bond acceptors (Lipinski definition) is 4. The lowest BCUT2D eigenvalue weighted by Gasteiger charge is -2.20. The molecular weight excluding hydrogens is 204 g/mol. The number of rotatable bonds is 8. The van der Waals surface area contributed by atoms with Gasteiger partial charge in [-0.3, -0.25) is 4.79 Å². The van der Waals surface area contributed by atoms with Crippen LogP contribution in [0.1, 0.15) is 34.1 Å². The van der Waals surface area contributed by atoms with Crippen LogP contribution in [0.5, 0.6) is 0 Å². The summed E-state index contributed by atoms with van der Waals surface area (Å²) in [5.74, 6) is -0.159. The average Bonchev–Trinajstić information content (AvgIpc) is 2.26. The van der Waals surface area contributed by atoms with Gasteiger partial charge in [-0.1, -0.05) is 27.7 Å². The number of esters is 1. The van der Waals surface area contributed by atoms with Crippen LogP contribution in [-0.2, 0) is 9.53 Å². The summed E-state index contributed by atoms with van der Waals surface area (Å²) in [7, 11) is 0. The Hall–Kier alpha value is -0.610. The highest BCUT2D eigenvalue weighted by Crippen LogP contribution is 2.00. The van der Waals surface area contributed by atoms with E-state index in [1.165, 1.54) is 0 Å². The monoisotopic (exact) mass is 230 g/mol. The molecule has 1 unspecified atom stereocenters. The number of hydrogen-bond donors (Lipinski definition) is 1. The summed E-state index contributed by atoms with van der Waals surface area (Å²) in [6.45, 7) is 11.4. The third kappa shape index (κ3) is 6.08. The molecule has 0 rings (SSSR count). The normalized spacial score (nSPS) is 13.2. The number of ether oxygens (including phenoxy) is 1. The molecule has 16 heavy (non-hydrogen) atoms. The third-order valence-corrected chi connectivity index (χ3v) is 2.63. The predicted molar refractivity (Wildman–Crippen MR) is 66.2 cm³/mol. The predicted octanol–water partition coefficient (Wildman–Crippen LogP) is 1.24. The number of likely N-dealkylation sites (N-methyl/N-ethyl adjacent to an activating group) is 1. The second kappa shape index (κ2) is 8.53. The van der Waals surface area contributed by atoms with Gasteiger partial charge in [0.15, 0.2) is 0 Å². The zero-order valence-corrected chi connectivity index (χ0v) is 11.0. The SMILES string of the molecule is CCCN(CC)CCOC(=O)C(N)C(C)C. The Morgan fingerprint density at radius 2 is 1.94 bits per heavy atom. The highest BCUT2D eigenvalue weighted by Gasteiger charge is 2.18. The standard InChI is InChI=1S/C12H26N2O2/c1-5-7-14(6-2)8-9-16-12(15)11(13)10(3)4/h10-11H,5-9,13H2,1-4H3. The fourth-order valence-electron chi connectivity index (χ4n) is 1.39. The van der Waals surface area contributed by atoms with Gasteiger partial charge in [-0.25, -0.2) is 0 Å². The van der Waals surface area contributed by atoms with Gasteiger partial charge in [-0.2, -0.15) is 0 Å². The first-order valence-electron chi connectivity index (χ1n) is 6.17. The zero-order chi connectivity index (χ0) is 12.6. The van der Waals surface area contributed by atoms with E-state index in [-0.39, 0.29) is 11.9 Å². The van der Waals surface area contributed by atoms with Crippen LogP contribution in [0.25, 0.3) is 0 Å². The lowest BCUT2D eigenvalue weighted by atomic mass is 10.1. The van der Waals surface area contributed by atoms with Crippen molar-refractivity contribution >= 4 is 5.97 Å². The number of nitrogens with two attached hydrogens (primary N) is 1. The lowest BCUT2D eigenvalue weighted by Crippen LogP contribution is -2.38. The van der Waals surface area contributed by atoms with E-state index in [9.17, 15) is 4.79 Å². The van der Waals surface area contributed by atoms with Gasteiger partial charge in [0, 0.05) is 6.54 Å². The second-order valence-corrected chi connectivity index (χ2v) is 4.37. The molecule has 0 heterocycles. The molecule has 2 N–H and O–H groups in total. The van der Waals surface area contributed by atoms with Gasteiger partial charge >= 0.3 is 5.97 Å². The molecule has 0 bridgehead atoms. The molecule has 96 valence electrons. The van der Waals surface area contributed by atoms with E-state index in [2.05, 4.69) is 18.7 Å². The van der Waals surface area contributed by atoms with Gasteiger partial charge in [0.05, 0.1) is 0 Å². The zero-order valence-electron chi connectivity index (χ0n) is 11.0. The Morgan fingerprint density at radius 3 is 2.38 bits per heavy atom. The maximum Gasteiger partial charge on any atom is 0.323 e. The number of nitrogens with zero attached hydrogens (tertiary/aromatic N) is 1. The summed E-state index contributed by atoms with van der Waals surface area (Å²) in [5.41, 5.74) is 5.68. The summed E-state index contributed by atoms with van der Waals surface area (Å²) in [6, 6.07) is -0.499. The van der Waals surface area contributed by atoms with Gasteiger partial charge in [0.2, 0.25) is 0 Å². The molecule has 4 heteroatoms. The van der Waals surface area contributed by atoms with Crippen molar-refractivity contribution in [1.82, 2.24) is 4.90 Å². The van der Waals surface area contributed by atoms with Crippen LogP contribution in [0.2, 0.25) is 0 Å². The van der Waals surface area contributed by atoms with E-state index in [0.29, 0.717) is 6.61 Å². The quantitative estimate of drug-likeness (QED) is 0.638. The van der Waals surface area contributed by atoms with Crippen molar-refractivity contribution in [2.75, 3.05) is 26.2 Å². The Labute approximate surface area is 99.1 Å². The van der Waals surface area contributed by atoms with Crippen LogP contribution in [0.15, 0.2) is 0 Å². The van der Waals surface area contributed by atoms with Crippen molar-refractivity contribution in [1.29, 1.82) is 0 Å². The van der Waals surface area contributed by atoms with Crippen molar-refractivity contribution in [2.24, 2.45) is 11.7 Å². The lowest BCUT2D eigenvalue weighted by molar-refractivity contribution is -0.146. The summed E-state index contributed by atoms with van der Waals surface area (Å²) in [5, 5.41) is 0. The van der Waals surface area contributed by atoms with Crippen molar-refractivity contribution in [2.45, 2.75) is 40.2 Å².